The summed E-state index contributed by atoms with van der Waals surface area (Å²) in [6, 6.07) is 4.48. The predicted molar refractivity (Wildman–Crippen MR) is 65.0 cm³/mol. The first kappa shape index (κ1) is 10.8. The van der Waals surface area contributed by atoms with Gasteiger partial charge in [0.15, 0.2) is 0 Å². The molecule has 0 amide bonds. The highest BCUT2D eigenvalue weighted by atomic mass is 15.0. The van der Waals surface area contributed by atoms with E-state index in [1.807, 2.05) is 0 Å². The average Bonchev–Trinajstić information content (AvgIpc) is 2.50. The summed E-state index contributed by atoms with van der Waals surface area (Å²) in [4.78, 5) is 0. The molecule has 1 aliphatic carbocycles. The second-order valence-corrected chi connectivity index (χ2v) is 5.36. The Morgan fingerprint density at radius 1 is 1.20 bits per heavy atom. The smallest absolute Gasteiger partial charge is 0.0253 e. The van der Waals surface area contributed by atoms with Crippen LogP contribution in [0.1, 0.15) is 44.0 Å². The van der Waals surface area contributed by atoms with E-state index in [9.17, 15) is 0 Å². The van der Waals surface area contributed by atoms with E-state index in [4.69, 9.17) is 0 Å². The Kier molecular flexibility index (Phi) is 3.18. The Morgan fingerprint density at radius 3 is 2.47 bits per heavy atom. The van der Waals surface area contributed by atoms with E-state index in [2.05, 4.69) is 37.5 Å². The lowest BCUT2D eigenvalue weighted by atomic mass is 9.82. The summed E-state index contributed by atoms with van der Waals surface area (Å²) in [5.41, 5.74) is 2.84. The molecule has 1 nitrogen and oxygen atoms in total. The molecule has 1 fully saturated rings. The second kappa shape index (κ2) is 4.42. The maximum atomic E-state index is 2.49. The van der Waals surface area contributed by atoms with Crippen molar-refractivity contribution in [2.75, 3.05) is 0 Å². The highest BCUT2D eigenvalue weighted by molar-refractivity contribution is 5.13. The lowest BCUT2D eigenvalue weighted by Crippen LogP contribution is -2.19. The van der Waals surface area contributed by atoms with E-state index in [0.29, 0.717) is 0 Å². The molecule has 1 heteroatoms. The summed E-state index contributed by atoms with van der Waals surface area (Å²) in [6.07, 6.45) is 5.74. The summed E-state index contributed by atoms with van der Waals surface area (Å²) in [7, 11) is 0. The van der Waals surface area contributed by atoms with E-state index in [1.54, 1.807) is 0 Å². The van der Waals surface area contributed by atoms with E-state index in [-0.39, 0.29) is 0 Å². The third kappa shape index (κ3) is 2.45. The van der Waals surface area contributed by atoms with E-state index in [0.717, 1.165) is 11.8 Å². The van der Waals surface area contributed by atoms with Crippen LogP contribution in [-0.2, 0) is 6.54 Å². The average molecular weight is 205 g/mol. The Morgan fingerprint density at radius 2 is 1.87 bits per heavy atom. The van der Waals surface area contributed by atoms with E-state index in [1.165, 1.54) is 43.6 Å². The van der Waals surface area contributed by atoms with Crippen molar-refractivity contribution in [3.63, 3.8) is 0 Å². The molecular weight excluding hydrogens is 182 g/mol. The van der Waals surface area contributed by atoms with Gasteiger partial charge in [0.1, 0.15) is 0 Å². The van der Waals surface area contributed by atoms with Crippen LogP contribution in [0.15, 0.2) is 12.1 Å². The van der Waals surface area contributed by atoms with Gasteiger partial charge in [-0.25, -0.2) is 0 Å². The largest absolute Gasteiger partial charge is 0.349 e. The first-order chi connectivity index (χ1) is 7.16. The summed E-state index contributed by atoms with van der Waals surface area (Å²) < 4.78 is 2.49. The molecule has 2 unspecified atom stereocenters. The molecule has 15 heavy (non-hydrogen) atoms. The predicted octanol–water partition coefficient (Wildman–Crippen LogP) is 3.93. The van der Waals surface area contributed by atoms with Crippen LogP contribution in [0.4, 0.5) is 0 Å². The van der Waals surface area contributed by atoms with Crippen LogP contribution in [0.2, 0.25) is 0 Å². The summed E-state index contributed by atoms with van der Waals surface area (Å²) in [5, 5.41) is 0. The number of aromatic nitrogens is 1. The molecule has 84 valence electrons. The molecule has 1 aromatic rings. The van der Waals surface area contributed by atoms with Crippen molar-refractivity contribution in [1.29, 1.82) is 0 Å². The minimum absolute atomic E-state index is 0.915. The molecule has 0 bridgehead atoms. The van der Waals surface area contributed by atoms with Crippen molar-refractivity contribution in [2.24, 2.45) is 11.8 Å². The van der Waals surface area contributed by atoms with Gasteiger partial charge in [0, 0.05) is 17.9 Å². The SMILES string of the molecule is Cc1ccc(C)n1CC1CCCC(C)C1. The zero-order valence-corrected chi connectivity index (χ0v) is 10.3. The van der Waals surface area contributed by atoms with Gasteiger partial charge in [0.05, 0.1) is 0 Å². The van der Waals surface area contributed by atoms with Gasteiger partial charge in [-0.1, -0.05) is 19.8 Å². The maximum absolute atomic E-state index is 2.49. The fourth-order valence-corrected chi connectivity index (χ4v) is 2.97. The Labute approximate surface area is 93.5 Å². The molecule has 1 aliphatic rings. The molecular formula is C14H23N. The Hall–Kier alpha value is -0.720. The van der Waals surface area contributed by atoms with Gasteiger partial charge in [-0.15, -0.1) is 0 Å². The summed E-state index contributed by atoms with van der Waals surface area (Å²) in [6.45, 7) is 8.09. The molecule has 0 N–H and O–H groups in total. The molecule has 1 heterocycles. The fourth-order valence-electron chi connectivity index (χ4n) is 2.97. The quantitative estimate of drug-likeness (QED) is 0.689. The lowest BCUT2D eigenvalue weighted by molar-refractivity contribution is 0.255. The molecule has 0 radical (unpaired) electrons. The third-order valence-corrected chi connectivity index (χ3v) is 3.90. The standard InChI is InChI=1S/C14H23N/c1-11-5-4-6-14(9-11)10-15-12(2)7-8-13(15)3/h7-8,11,14H,4-6,9-10H2,1-3H3. The first-order valence-electron chi connectivity index (χ1n) is 6.29. The van der Waals surface area contributed by atoms with Gasteiger partial charge in [-0.05, 0) is 50.7 Å². The van der Waals surface area contributed by atoms with Crippen molar-refractivity contribution in [3.05, 3.63) is 23.5 Å². The van der Waals surface area contributed by atoms with Crippen LogP contribution in [0.3, 0.4) is 0 Å². The highest BCUT2D eigenvalue weighted by Gasteiger charge is 2.19. The Balaban J connectivity index is 2.02. The Bertz CT molecular complexity index is 305. The topological polar surface area (TPSA) is 4.93 Å². The van der Waals surface area contributed by atoms with E-state index < -0.39 is 0 Å². The van der Waals surface area contributed by atoms with Crippen LogP contribution in [-0.4, -0.2) is 4.57 Å². The number of rotatable bonds is 2. The zero-order valence-electron chi connectivity index (χ0n) is 10.3. The molecule has 0 aliphatic heterocycles. The normalized spacial score (nSPS) is 26.9. The van der Waals surface area contributed by atoms with Gasteiger partial charge in [-0.3, -0.25) is 0 Å². The lowest BCUT2D eigenvalue weighted by Gasteiger charge is -2.28. The molecule has 2 atom stereocenters. The van der Waals surface area contributed by atoms with Crippen molar-refractivity contribution < 1.29 is 0 Å². The van der Waals surface area contributed by atoms with Crippen molar-refractivity contribution in [1.82, 2.24) is 4.57 Å². The second-order valence-electron chi connectivity index (χ2n) is 5.36. The van der Waals surface area contributed by atoms with Crippen molar-refractivity contribution in [3.8, 4) is 0 Å². The molecule has 2 rings (SSSR count). The van der Waals surface area contributed by atoms with Crippen LogP contribution >= 0.6 is 0 Å². The van der Waals surface area contributed by atoms with Gasteiger partial charge < -0.3 is 4.57 Å². The fraction of sp³-hybridized carbons (Fsp3) is 0.714. The molecule has 0 spiro atoms. The van der Waals surface area contributed by atoms with Crippen molar-refractivity contribution >= 4 is 0 Å². The van der Waals surface area contributed by atoms with Gasteiger partial charge in [0.2, 0.25) is 0 Å². The molecule has 0 saturated heterocycles. The van der Waals surface area contributed by atoms with Gasteiger partial charge >= 0.3 is 0 Å². The number of nitrogens with zero attached hydrogens (tertiary/aromatic N) is 1. The van der Waals surface area contributed by atoms with Crippen molar-refractivity contribution in [2.45, 2.75) is 53.0 Å². The molecule has 1 aromatic heterocycles. The number of hydrogen-bond acceptors (Lipinski definition) is 0. The molecule has 0 aromatic carbocycles. The van der Waals surface area contributed by atoms with Crippen LogP contribution in [0.25, 0.3) is 0 Å². The van der Waals surface area contributed by atoms with Gasteiger partial charge in [-0.2, -0.15) is 0 Å². The van der Waals surface area contributed by atoms with E-state index >= 15 is 0 Å². The minimum Gasteiger partial charge on any atom is -0.349 e. The van der Waals surface area contributed by atoms with Crippen LogP contribution in [0.5, 0.6) is 0 Å². The highest BCUT2D eigenvalue weighted by Crippen LogP contribution is 2.30. The monoisotopic (exact) mass is 205 g/mol. The number of hydrogen-bond donors (Lipinski definition) is 0. The third-order valence-electron chi connectivity index (χ3n) is 3.90. The summed E-state index contributed by atoms with van der Waals surface area (Å²) >= 11 is 0. The van der Waals surface area contributed by atoms with Crippen LogP contribution < -0.4 is 0 Å². The first-order valence-corrected chi connectivity index (χ1v) is 6.29. The number of aryl methyl sites for hydroxylation is 2. The zero-order chi connectivity index (χ0) is 10.8. The summed E-state index contributed by atoms with van der Waals surface area (Å²) in [5.74, 6) is 1.86. The van der Waals surface area contributed by atoms with Crippen LogP contribution in [0, 0.1) is 25.7 Å². The van der Waals surface area contributed by atoms with Gasteiger partial charge in [0.25, 0.3) is 0 Å². The maximum Gasteiger partial charge on any atom is 0.0253 e. The minimum atomic E-state index is 0.915. The molecule has 1 saturated carbocycles.